The number of carbonyl (C=O) groups is 2. The number of benzene rings is 1. The standard InChI is InChI=1S/C25H38.C6H12O2.C5H10O.C5H12/c1-7-9-10-12-21-16-20(6)25(22(17-21)11-8-2)24-15-19(5)13-14-23(24)18(3)4;1-3-8-5-4-6(2)7;1-3-4-5(2)6;1-3-5-4-2/h15-17,23-24H,3,7-14H2,1-2,4-6H3;3-5H2,1-2H3;3-4H2,1-2H3;3-5H2,1-2H3. The van der Waals surface area contributed by atoms with Crippen LogP contribution in [0.1, 0.15) is 174 Å². The predicted octanol–water partition coefficient (Wildman–Crippen LogP) is 12.3. The topological polar surface area (TPSA) is 43.4 Å². The monoisotopic (exact) mass is 613 g/mol. The molecule has 0 bridgehead atoms. The second-order valence-electron chi connectivity index (χ2n) is 12.7. The lowest BCUT2D eigenvalue weighted by molar-refractivity contribution is -0.118. The minimum atomic E-state index is 0.193. The summed E-state index contributed by atoms with van der Waals surface area (Å²) < 4.78 is 4.92. The Labute approximate surface area is 274 Å². The normalized spacial score (nSPS) is 15.4. The van der Waals surface area contributed by atoms with Crippen molar-refractivity contribution in [2.75, 3.05) is 13.2 Å². The van der Waals surface area contributed by atoms with Crippen LogP contribution in [-0.2, 0) is 27.2 Å². The van der Waals surface area contributed by atoms with Crippen LogP contribution in [0.4, 0.5) is 0 Å². The molecule has 1 aromatic carbocycles. The van der Waals surface area contributed by atoms with Crippen molar-refractivity contribution in [1.29, 1.82) is 0 Å². The molecule has 0 saturated heterocycles. The molecule has 0 heterocycles. The van der Waals surface area contributed by atoms with Crippen molar-refractivity contribution in [3.8, 4) is 0 Å². The molecule has 3 heteroatoms. The highest BCUT2D eigenvalue weighted by Crippen LogP contribution is 2.42. The summed E-state index contributed by atoms with van der Waals surface area (Å²) in [5, 5.41) is 0. The Kier molecular flexibility index (Phi) is 28.6. The Bertz CT molecular complexity index is 937. The summed E-state index contributed by atoms with van der Waals surface area (Å²) in [7, 11) is 0. The van der Waals surface area contributed by atoms with Gasteiger partial charge in [-0.15, -0.1) is 0 Å². The Morgan fingerprint density at radius 2 is 1.41 bits per heavy atom. The van der Waals surface area contributed by atoms with Crippen molar-refractivity contribution >= 4 is 11.6 Å². The fourth-order valence-corrected chi connectivity index (χ4v) is 5.60. The number of ketones is 2. The van der Waals surface area contributed by atoms with E-state index in [9.17, 15) is 9.59 Å². The first-order valence-corrected chi connectivity index (χ1v) is 17.9. The molecular weight excluding hydrogens is 540 g/mol. The highest BCUT2D eigenvalue weighted by atomic mass is 16.5. The number of Topliss-reactive ketones (excluding diaryl/α,β-unsaturated/α-hetero) is 2. The van der Waals surface area contributed by atoms with E-state index in [-0.39, 0.29) is 11.6 Å². The predicted molar refractivity (Wildman–Crippen MR) is 195 cm³/mol. The van der Waals surface area contributed by atoms with E-state index in [1.54, 1.807) is 36.1 Å². The van der Waals surface area contributed by atoms with E-state index in [0.29, 0.717) is 31.5 Å². The van der Waals surface area contributed by atoms with Crippen molar-refractivity contribution in [2.24, 2.45) is 5.92 Å². The van der Waals surface area contributed by atoms with Gasteiger partial charge in [-0.05, 0) is 108 Å². The first-order chi connectivity index (χ1) is 20.9. The zero-order chi connectivity index (χ0) is 33.9. The third-order valence-electron chi connectivity index (χ3n) is 7.95. The van der Waals surface area contributed by atoms with Gasteiger partial charge in [-0.25, -0.2) is 0 Å². The van der Waals surface area contributed by atoms with Crippen molar-refractivity contribution < 1.29 is 14.3 Å². The molecule has 0 radical (unpaired) electrons. The molecule has 2 rings (SSSR count). The lowest BCUT2D eigenvalue weighted by Crippen LogP contribution is -2.19. The Balaban J connectivity index is 0. The minimum absolute atomic E-state index is 0.193. The quantitative estimate of drug-likeness (QED) is 0.138. The summed E-state index contributed by atoms with van der Waals surface area (Å²) in [6.45, 7) is 28.6. The molecule has 0 N–H and O–H groups in total. The largest absolute Gasteiger partial charge is 0.381 e. The summed E-state index contributed by atoms with van der Waals surface area (Å²) in [5.74, 6) is 1.61. The molecule has 254 valence electrons. The second kappa shape index (κ2) is 28.5. The summed E-state index contributed by atoms with van der Waals surface area (Å²) in [4.78, 5) is 20.3. The molecule has 0 amide bonds. The number of aryl methyl sites for hydroxylation is 3. The maximum Gasteiger partial charge on any atom is 0.132 e. The average molecular weight is 613 g/mol. The zero-order valence-corrected chi connectivity index (χ0v) is 31.1. The van der Waals surface area contributed by atoms with Crippen LogP contribution in [0.3, 0.4) is 0 Å². The number of carbonyl (C=O) groups excluding carboxylic acids is 2. The fourth-order valence-electron chi connectivity index (χ4n) is 5.60. The number of unbranched alkanes of at least 4 members (excludes halogenated alkanes) is 4. The average Bonchev–Trinajstić information content (AvgIpc) is 2.94. The van der Waals surface area contributed by atoms with Gasteiger partial charge in [0.1, 0.15) is 11.6 Å². The van der Waals surface area contributed by atoms with Crippen LogP contribution in [-0.4, -0.2) is 24.8 Å². The number of hydrogen-bond donors (Lipinski definition) is 0. The van der Waals surface area contributed by atoms with Gasteiger partial charge in [0.25, 0.3) is 0 Å². The van der Waals surface area contributed by atoms with Crippen LogP contribution in [0.5, 0.6) is 0 Å². The van der Waals surface area contributed by atoms with Gasteiger partial charge in [0.05, 0.1) is 6.61 Å². The number of hydrogen-bond acceptors (Lipinski definition) is 3. The van der Waals surface area contributed by atoms with Crippen LogP contribution < -0.4 is 0 Å². The molecule has 1 aliphatic rings. The van der Waals surface area contributed by atoms with Gasteiger partial charge in [0, 0.05) is 25.4 Å². The molecule has 2 unspecified atom stereocenters. The van der Waals surface area contributed by atoms with E-state index in [2.05, 4.69) is 73.3 Å². The van der Waals surface area contributed by atoms with E-state index < -0.39 is 0 Å². The van der Waals surface area contributed by atoms with Gasteiger partial charge >= 0.3 is 0 Å². The van der Waals surface area contributed by atoms with E-state index in [0.717, 1.165) is 12.8 Å². The van der Waals surface area contributed by atoms with Crippen LogP contribution in [0.25, 0.3) is 0 Å². The molecular formula is C41H72O3. The van der Waals surface area contributed by atoms with Crippen molar-refractivity contribution in [3.05, 3.63) is 58.2 Å². The van der Waals surface area contributed by atoms with E-state index in [1.807, 2.05) is 13.8 Å². The van der Waals surface area contributed by atoms with Crippen molar-refractivity contribution in [1.82, 2.24) is 0 Å². The molecule has 0 spiro atoms. The highest BCUT2D eigenvalue weighted by Gasteiger charge is 2.28. The van der Waals surface area contributed by atoms with Gasteiger partial charge in [-0.1, -0.05) is 109 Å². The Morgan fingerprint density at radius 1 is 0.795 bits per heavy atom. The third kappa shape index (κ3) is 21.7. The summed E-state index contributed by atoms with van der Waals surface area (Å²) in [6.07, 6.45) is 19.0. The van der Waals surface area contributed by atoms with E-state index in [1.165, 1.54) is 81.8 Å². The molecule has 0 aromatic heterocycles. The Hall–Kier alpha value is -2.00. The molecule has 0 saturated carbocycles. The van der Waals surface area contributed by atoms with Crippen LogP contribution in [0.2, 0.25) is 0 Å². The van der Waals surface area contributed by atoms with Crippen molar-refractivity contribution in [2.45, 2.75) is 172 Å². The Morgan fingerprint density at radius 3 is 1.84 bits per heavy atom. The molecule has 1 aliphatic carbocycles. The second-order valence-corrected chi connectivity index (χ2v) is 12.7. The highest BCUT2D eigenvalue weighted by molar-refractivity contribution is 5.75. The minimum Gasteiger partial charge on any atom is -0.381 e. The molecule has 3 nitrogen and oxygen atoms in total. The summed E-state index contributed by atoms with van der Waals surface area (Å²) in [6, 6.07) is 4.99. The van der Waals surface area contributed by atoms with Gasteiger partial charge in [-0.3, -0.25) is 4.79 Å². The molecule has 2 atom stereocenters. The van der Waals surface area contributed by atoms with Gasteiger partial charge in [-0.2, -0.15) is 0 Å². The van der Waals surface area contributed by atoms with Crippen LogP contribution >= 0.6 is 0 Å². The zero-order valence-electron chi connectivity index (χ0n) is 31.1. The lowest BCUT2D eigenvalue weighted by Gasteiger charge is -2.33. The van der Waals surface area contributed by atoms with Crippen LogP contribution in [0, 0.1) is 12.8 Å². The maximum absolute atomic E-state index is 10.2. The first kappa shape index (κ1) is 44.1. The smallest absolute Gasteiger partial charge is 0.132 e. The van der Waals surface area contributed by atoms with Gasteiger partial charge in [0.2, 0.25) is 0 Å². The van der Waals surface area contributed by atoms with Crippen molar-refractivity contribution in [3.63, 3.8) is 0 Å². The number of rotatable bonds is 16. The molecule has 0 fully saturated rings. The summed E-state index contributed by atoms with van der Waals surface area (Å²) >= 11 is 0. The number of allylic oxidation sites excluding steroid dienone is 3. The fraction of sp³-hybridized carbons (Fsp3) is 0.707. The van der Waals surface area contributed by atoms with E-state index >= 15 is 0 Å². The summed E-state index contributed by atoms with van der Waals surface area (Å²) in [5.41, 5.74) is 9.14. The third-order valence-corrected chi connectivity index (χ3v) is 7.95. The SMILES string of the molecule is C=C(C)C1CCC(C)=CC1c1c(C)cc(CCCCC)cc1CCC.CCCC(C)=O.CCCCC.CCOCCC(C)=O. The first-order valence-electron chi connectivity index (χ1n) is 17.9. The molecule has 44 heavy (non-hydrogen) atoms. The number of ether oxygens (including phenoxy) is 1. The van der Waals surface area contributed by atoms with E-state index in [4.69, 9.17) is 4.74 Å². The van der Waals surface area contributed by atoms with Gasteiger partial charge in [0.15, 0.2) is 0 Å². The molecule has 1 aromatic rings. The molecule has 0 aliphatic heterocycles. The maximum atomic E-state index is 10.2. The lowest BCUT2D eigenvalue weighted by atomic mass is 9.71. The van der Waals surface area contributed by atoms with Crippen LogP contribution in [0.15, 0.2) is 35.9 Å². The van der Waals surface area contributed by atoms with Gasteiger partial charge < -0.3 is 9.53 Å².